The van der Waals surface area contributed by atoms with Crippen molar-refractivity contribution in [2.24, 2.45) is 5.92 Å². The molecular formula is C21H29N3O5S2. The van der Waals surface area contributed by atoms with Crippen LogP contribution in [-0.2, 0) is 24.3 Å². The maximum Gasteiger partial charge on any atom is 0.241 e. The summed E-state index contributed by atoms with van der Waals surface area (Å²) in [5, 5.41) is 0.878. The zero-order valence-electron chi connectivity index (χ0n) is 18.1. The van der Waals surface area contributed by atoms with Crippen LogP contribution in [0, 0.1) is 12.8 Å². The van der Waals surface area contributed by atoms with E-state index in [1.165, 1.54) is 11.3 Å². The zero-order valence-corrected chi connectivity index (χ0v) is 19.7. The summed E-state index contributed by atoms with van der Waals surface area (Å²) in [7, 11) is -3.86. The zero-order chi connectivity index (χ0) is 22.2. The number of benzene rings is 1. The molecule has 2 saturated heterocycles. The molecule has 10 heteroatoms. The first-order valence-electron chi connectivity index (χ1n) is 10.6. The van der Waals surface area contributed by atoms with E-state index in [0.717, 1.165) is 15.2 Å². The van der Waals surface area contributed by atoms with Crippen molar-refractivity contribution in [3.63, 3.8) is 0 Å². The number of rotatable bonds is 6. The van der Waals surface area contributed by atoms with E-state index in [0.29, 0.717) is 45.6 Å². The van der Waals surface area contributed by atoms with Crippen LogP contribution in [-0.4, -0.2) is 62.3 Å². The van der Waals surface area contributed by atoms with E-state index in [2.05, 4.69) is 9.71 Å². The Hall–Kier alpha value is -1.59. The van der Waals surface area contributed by atoms with Crippen LogP contribution < -0.4 is 4.72 Å². The molecule has 4 rings (SSSR count). The Balaban J connectivity index is 1.50. The van der Waals surface area contributed by atoms with E-state index in [9.17, 15) is 13.2 Å². The third kappa shape index (κ3) is 4.93. The van der Waals surface area contributed by atoms with Crippen molar-refractivity contribution < 1.29 is 22.7 Å². The monoisotopic (exact) mass is 467 g/mol. The number of carbonyl (C=O) groups excluding carboxylic acids is 1. The van der Waals surface area contributed by atoms with Gasteiger partial charge in [-0.15, -0.1) is 11.3 Å². The van der Waals surface area contributed by atoms with Crippen LogP contribution in [0.4, 0.5) is 0 Å². The van der Waals surface area contributed by atoms with Crippen LogP contribution in [0.25, 0.3) is 10.2 Å². The molecule has 0 bridgehead atoms. The molecule has 2 fully saturated rings. The Kier molecular flexibility index (Phi) is 6.37. The summed E-state index contributed by atoms with van der Waals surface area (Å²) in [4.78, 5) is 19.5. The largest absolute Gasteiger partial charge is 0.347 e. The van der Waals surface area contributed by atoms with Crippen molar-refractivity contribution >= 4 is 37.5 Å². The van der Waals surface area contributed by atoms with Crippen molar-refractivity contribution in [1.29, 1.82) is 0 Å². The summed E-state index contributed by atoms with van der Waals surface area (Å²) < 4.78 is 41.2. The third-order valence-electron chi connectivity index (χ3n) is 5.73. The second-order valence-electron chi connectivity index (χ2n) is 8.60. The quantitative estimate of drug-likeness (QED) is 0.701. The average molecular weight is 468 g/mol. The lowest BCUT2D eigenvalue weighted by molar-refractivity contribution is -0.187. The molecule has 3 heterocycles. The maximum absolute atomic E-state index is 13.3. The van der Waals surface area contributed by atoms with Crippen molar-refractivity contribution in [2.45, 2.75) is 56.8 Å². The van der Waals surface area contributed by atoms with E-state index in [4.69, 9.17) is 9.47 Å². The number of nitrogens with zero attached hydrogens (tertiary/aromatic N) is 2. The minimum Gasteiger partial charge on any atom is -0.347 e. The Labute approximate surface area is 187 Å². The fraction of sp³-hybridized carbons (Fsp3) is 0.619. The maximum atomic E-state index is 13.3. The summed E-state index contributed by atoms with van der Waals surface area (Å²) in [6.45, 7) is 7.97. The van der Waals surface area contributed by atoms with Crippen LogP contribution in [0.1, 0.15) is 38.1 Å². The molecule has 0 unspecified atom stereocenters. The predicted octanol–water partition coefficient (Wildman–Crippen LogP) is 2.66. The van der Waals surface area contributed by atoms with E-state index in [1.54, 1.807) is 23.1 Å². The molecule has 1 aromatic heterocycles. The molecule has 1 amide bonds. The van der Waals surface area contributed by atoms with E-state index >= 15 is 0 Å². The number of aryl methyl sites for hydroxylation is 1. The number of piperidine rings is 1. The van der Waals surface area contributed by atoms with E-state index in [-0.39, 0.29) is 16.7 Å². The van der Waals surface area contributed by atoms with E-state index in [1.807, 2.05) is 20.8 Å². The Bertz CT molecular complexity index is 1050. The highest BCUT2D eigenvalue weighted by Crippen LogP contribution is 2.32. The molecule has 2 aliphatic heterocycles. The van der Waals surface area contributed by atoms with Gasteiger partial charge in [0, 0.05) is 25.9 Å². The van der Waals surface area contributed by atoms with E-state index < -0.39 is 21.9 Å². The molecule has 2 aromatic rings. The molecular weight excluding hydrogens is 438 g/mol. The Morgan fingerprint density at radius 1 is 1.26 bits per heavy atom. The second-order valence-corrected chi connectivity index (χ2v) is 11.5. The molecule has 31 heavy (non-hydrogen) atoms. The Morgan fingerprint density at radius 3 is 2.58 bits per heavy atom. The lowest BCUT2D eigenvalue weighted by Gasteiger charge is -2.39. The highest BCUT2D eigenvalue weighted by molar-refractivity contribution is 7.89. The number of likely N-dealkylation sites (tertiary alicyclic amines) is 1. The van der Waals surface area contributed by atoms with Gasteiger partial charge in [0.05, 0.1) is 33.3 Å². The number of hydrogen-bond donors (Lipinski definition) is 1. The number of aromatic nitrogens is 1. The van der Waals surface area contributed by atoms with Gasteiger partial charge in [0.25, 0.3) is 0 Å². The highest BCUT2D eigenvalue weighted by atomic mass is 32.2. The van der Waals surface area contributed by atoms with Gasteiger partial charge in [0.1, 0.15) is 6.04 Å². The molecule has 0 radical (unpaired) electrons. The molecule has 1 spiro atoms. The highest BCUT2D eigenvalue weighted by Gasteiger charge is 2.42. The molecule has 2 aliphatic rings. The van der Waals surface area contributed by atoms with Crippen LogP contribution in [0.15, 0.2) is 23.1 Å². The minimum absolute atomic E-state index is 0.149. The summed E-state index contributed by atoms with van der Waals surface area (Å²) >= 11 is 1.45. The topological polar surface area (TPSA) is 97.8 Å². The first-order chi connectivity index (χ1) is 14.7. The number of hydrogen-bond acceptors (Lipinski definition) is 7. The number of sulfonamides is 1. The van der Waals surface area contributed by atoms with Gasteiger partial charge in [-0.05, 0) is 37.5 Å². The summed E-state index contributed by atoms with van der Waals surface area (Å²) in [5.74, 6) is -0.618. The Morgan fingerprint density at radius 2 is 1.94 bits per heavy atom. The first kappa shape index (κ1) is 22.6. The number of ether oxygens (including phenoxy) is 2. The number of nitrogens with one attached hydrogen (secondary N) is 1. The van der Waals surface area contributed by atoms with Crippen LogP contribution >= 0.6 is 11.3 Å². The smallest absolute Gasteiger partial charge is 0.241 e. The van der Waals surface area contributed by atoms with Gasteiger partial charge in [-0.2, -0.15) is 4.72 Å². The standard InChI is InChI=1S/C21H29N3O5S2/c1-14(2)12-18(20(25)24-8-6-21(7-9-24)28-10-11-29-21)23-31(26,27)16-4-5-17-19(13-16)30-15(3)22-17/h4-5,13-14,18,23H,6-12H2,1-3H3/t18-/m1/s1. The van der Waals surface area contributed by atoms with Gasteiger partial charge in [-0.25, -0.2) is 13.4 Å². The van der Waals surface area contributed by atoms with Gasteiger partial charge in [-0.3, -0.25) is 4.79 Å². The fourth-order valence-corrected chi connectivity index (χ4v) is 6.36. The fourth-order valence-electron chi connectivity index (χ4n) is 4.19. The normalized spacial score (nSPS) is 20.1. The minimum atomic E-state index is -3.86. The van der Waals surface area contributed by atoms with Gasteiger partial charge < -0.3 is 14.4 Å². The molecule has 8 nitrogen and oxygen atoms in total. The van der Waals surface area contributed by atoms with Crippen LogP contribution in [0.2, 0.25) is 0 Å². The van der Waals surface area contributed by atoms with Gasteiger partial charge in [0.15, 0.2) is 5.79 Å². The SMILES string of the molecule is Cc1nc2ccc(S(=O)(=O)N[C@H](CC(C)C)C(=O)N3CCC4(CC3)OCCO4)cc2s1. The molecule has 1 atom stereocenters. The second kappa shape index (κ2) is 8.74. The lowest BCUT2D eigenvalue weighted by Crippen LogP contribution is -2.54. The van der Waals surface area contributed by atoms with Crippen molar-refractivity contribution in [2.75, 3.05) is 26.3 Å². The molecule has 0 saturated carbocycles. The molecule has 0 aliphatic carbocycles. The lowest BCUT2D eigenvalue weighted by atomic mass is 10.00. The predicted molar refractivity (Wildman–Crippen MR) is 118 cm³/mol. The number of carbonyl (C=O) groups is 1. The first-order valence-corrected chi connectivity index (χ1v) is 12.9. The summed E-state index contributed by atoms with van der Waals surface area (Å²) in [6.07, 6.45) is 1.62. The van der Waals surface area contributed by atoms with Crippen molar-refractivity contribution in [1.82, 2.24) is 14.6 Å². The van der Waals surface area contributed by atoms with Crippen molar-refractivity contribution in [3.8, 4) is 0 Å². The average Bonchev–Trinajstić information content (AvgIpc) is 3.32. The molecule has 1 N–H and O–H groups in total. The van der Waals surface area contributed by atoms with Gasteiger partial charge >= 0.3 is 0 Å². The van der Waals surface area contributed by atoms with Gasteiger partial charge in [0.2, 0.25) is 15.9 Å². The van der Waals surface area contributed by atoms with Crippen LogP contribution in [0.3, 0.4) is 0 Å². The number of amides is 1. The number of fused-ring (bicyclic) bond motifs is 1. The molecule has 1 aromatic carbocycles. The number of thiazole rings is 1. The van der Waals surface area contributed by atoms with Crippen LogP contribution in [0.5, 0.6) is 0 Å². The summed E-state index contributed by atoms with van der Waals surface area (Å²) in [5.41, 5.74) is 0.773. The van der Waals surface area contributed by atoms with Gasteiger partial charge in [-0.1, -0.05) is 13.8 Å². The summed E-state index contributed by atoms with van der Waals surface area (Å²) in [6, 6.07) is 4.06. The van der Waals surface area contributed by atoms with Crippen molar-refractivity contribution in [3.05, 3.63) is 23.2 Å². The third-order valence-corrected chi connectivity index (χ3v) is 8.13. The molecule has 170 valence electrons.